The van der Waals surface area contributed by atoms with Crippen molar-refractivity contribution in [2.24, 2.45) is 5.92 Å². The molecular weight excluding hydrogens is 405 g/mol. The lowest BCUT2D eigenvalue weighted by Crippen LogP contribution is -2.34. The summed E-state index contributed by atoms with van der Waals surface area (Å²) in [6.45, 7) is 4.93. The van der Waals surface area contributed by atoms with Gasteiger partial charge in [0, 0.05) is 18.3 Å². The Morgan fingerprint density at radius 2 is 1.97 bits per heavy atom. The van der Waals surface area contributed by atoms with Gasteiger partial charge in [0.2, 0.25) is 5.89 Å². The zero-order valence-corrected chi connectivity index (χ0v) is 15.9. The number of fused-ring (bicyclic) bond motifs is 1. The topological polar surface area (TPSA) is 106 Å². The van der Waals surface area contributed by atoms with E-state index < -0.39 is 18.1 Å². The minimum atomic E-state index is -5.22. The molecule has 2 N–H and O–H groups in total. The normalized spacial score (nSPS) is 11.5. The first-order chi connectivity index (χ1) is 14.1. The van der Waals surface area contributed by atoms with Gasteiger partial charge in [0.15, 0.2) is 5.58 Å². The van der Waals surface area contributed by atoms with Crippen molar-refractivity contribution in [1.29, 1.82) is 0 Å². The van der Waals surface area contributed by atoms with Crippen LogP contribution in [0.25, 0.3) is 22.6 Å². The van der Waals surface area contributed by atoms with Crippen LogP contribution in [0.1, 0.15) is 24.2 Å². The smallest absolute Gasteiger partial charge is 0.436 e. The van der Waals surface area contributed by atoms with E-state index in [2.05, 4.69) is 34.0 Å². The van der Waals surface area contributed by atoms with Crippen molar-refractivity contribution in [3.8, 4) is 11.5 Å². The van der Waals surface area contributed by atoms with Crippen LogP contribution < -0.4 is 10.8 Å². The van der Waals surface area contributed by atoms with Crippen molar-refractivity contribution in [3.05, 3.63) is 42.1 Å². The fraction of sp³-hybridized carbons (Fsp3) is 0.263. The van der Waals surface area contributed by atoms with E-state index in [9.17, 15) is 22.8 Å². The number of amides is 1. The number of hydrogen-bond donors (Lipinski definition) is 2. The second-order valence-corrected chi connectivity index (χ2v) is 6.73. The average Bonchev–Trinajstić information content (AvgIpc) is 3.13. The highest BCUT2D eigenvalue weighted by molar-refractivity contribution is 5.97. The van der Waals surface area contributed by atoms with E-state index in [0.717, 1.165) is 6.54 Å². The maximum Gasteiger partial charge on any atom is 0.493 e. The monoisotopic (exact) mass is 422 g/mol. The molecule has 2 aromatic heterocycles. The number of anilines is 1. The Labute approximate surface area is 168 Å². The molecule has 0 aliphatic carbocycles. The predicted octanol–water partition coefficient (Wildman–Crippen LogP) is 3.71. The van der Waals surface area contributed by atoms with Gasteiger partial charge in [-0.1, -0.05) is 13.8 Å². The Kier molecular flexibility index (Phi) is 5.90. The number of benzene rings is 1. The van der Waals surface area contributed by atoms with Gasteiger partial charge in [0.25, 0.3) is 5.91 Å². The summed E-state index contributed by atoms with van der Waals surface area (Å²) in [6, 6.07) is 7.57. The zero-order valence-electron chi connectivity index (χ0n) is 15.9. The number of nitrogens with zero attached hydrogens (tertiary/aromatic N) is 2. The van der Waals surface area contributed by atoms with Gasteiger partial charge in [0.1, 0.15) is 11.3 Å². The molecule has 1 aromatic carbocycles. The minimum absolute atomic E-state index is 0.0660. The van der Waals surface area contributed by atoms with E-state index in [1.807, 2.05) is 0 Å². The molecule has 0 unspecified atom stereocenters. The number of carbonyl (C=O) groups excluding carboxylic acids is 2. The molecule has 8 nitrogen and oxygen atoms in total. The van der Waals surface area contributed by atoms with Crippen molar-refractivity contribution < 1.29 is 32.0 Å². The van der Waals surface area contributed by atoms with Crippen molar-refractivity contribution >= 4 is 28.8 Å². The Hall–Kier alpha value is -3.63. The van der Waals surface area contributed by atoms with Crippen LogP contribution in [0.5, 0.6) is 0 Å². The first-order valence-electron chi connectivity index (χ1n) is 8.82. The molecular formula is C19H17F3N4O4. The maximum absolute atomic E-state index is 12.1. The van der Waals surface area contributed by atoms with Gasteiger partial charge in [0.05, 0.1) is 5.56 Å². The van der Waals surface area contributed by atoms with E-state index in [-0.39, 0.29) is 11.5 Å². The lowest BCUT2D eigenvalue weighted by Gasteiger charge is -2.07. The summed E-state index contributed by atoms with van der Waals surface area (Å²) in [6.07, 6.45) is -3.64. The van der Waals surface area contributed by atoms with Crippen LogP contribution in [0.15, 0.2) is 40.9 Å². The number of halogens is 3. The van der Waals surface area contributed by atoms with Crippen molar-refractivity contribution in [3.63, 3.8) is 0 Å². The minimum Gasteiger partial charge on any atom is -0.436 e. The van der Waals surface area contributed by atoms with Crippen LogP contribution in [0.3, 0.4) is 0 Å². The molecule has 2 heterocycles. The van der Waals surface area contributed by atoms with Crippen molar-refractivity contribution in [2.45, 2.75) is 20.0 Å². The molecule has 1 amide bonds. The summed E-state index contributed by atoms with van der Waals surface area (Å²) in [4.78, 5) is 34.9. The average molecular weight is 422 g/mol. The summed E-state index contributed by atoms with van der Waals surface area (Å²) in [5.41, 5.74) is 2.64. The number of alkyl halides is 3. The number of hydroxylamine groups is 1. The highest BCUT2D eigenvalue weighted by Crippen LogP contribution is 2.25. The van der Waals surface area contributed by atoms with Gasteiger partial charge >= 0.3 is 12.1 Å². The summed E-state index contributed by atoms with van der Waals surface area (Å²) >= 11 is 0. The third-order valence-corrected chi connectivity index (χ3v) is 3.82. The molecule has 0 bridgehead atoms. The number of carbonyl (C=O) groups is 2. The fourth-order valence-electron chi connectivity index (χ4n) is 2.34. The van der Waals surface area contributed by atoms with Crippen LogP contribution in [-0.2, 0) is 9.63 Å². The van der Waals surface area contributed by atoms with Crippen LogP contribution in [0.4, 0.5) is 19.0 Å². The number of nitrogens with one attached hydrogen (secondary N) is 2. The highest BCUT2D eigenvalue weighted by Gasteiger charge is 2.42. The standard InChI is InChI=1S/C19H17F3N4O4/c1-10(2)8-23-15-6-4-12(9-24-15)17-25-13-7-11(3-5-14(13)29-17)16(27)26-30-18(28)19(20,21)22/h3-7,9-10H,8H2,1-2H3,(H,23,24)(H,26,27). The molecule has 3 rings (SSSR count). The fourth-order valence-corrected chi connectivity index (χ4v) is 2.34. The number of aromatic nitrogens is 2. The molecule has 0 fully saturated rings. The van der Waals surface area contributed by atoms with Crippen LogP contribution in [-0.4, -0.2) is 34.6 Å². The van der Waals surface area contributed by atoms with Crippen LogP contribution >= 0.6 is 0 Å². The van der Waals surface area contributed by atoms with Gasteiger partial charge in [-0.2, -0.15) is 18.7 Å². The molecule has 158 valence electrons. The summed E-state index contributed by atoms with van der Waals surface area (Å²) in [5, 5.41) is 3.19. The van der Waals surface area contributed by atoms with Crippen LogP contribution in [0.2, 0.25) is 0 Å². The van der Waals surface area contributed by atoms with Gasteiger partial charge in [-0.05, 0) is 36.2 Å². The highest BCUT2D eigenvalue weighted by atomic mass is 19.4. The number of oxazole rings is 1. The van der Waals surface area contributed by atoms with E-state index in [1.165, 1.54) is 23.7 Å². The molecule has 0 aliphatic heterocycles. The quantitative estimate of drug-likeness (QED) is 0.604. The number of pyridine rings is 1. The van der Waals surface area contributed by atoms with E-state index in [1.54, 1.807) is 18.3 Å². The molecule has 11 heteroatoms. The zero-order chi connectivity index (χ0) is 21.9. The number of rotatable bonds is 5. The summed E-state index contributed by atoms with van der Waals surface area (Å²) in [7, 11) is 0. The van der Waals surface area contributed by atoms with E-state index in [0.29, 0.717) is 28.4 Å². The third kappa shape index (κ3) is 5.04. The Morgan fingerprint density at radius 3 is 2.60 bits per heavy atom. The first-order valence-corrected chi connectivity index (χ1v) is 8.82. The second kappa shape index (κ2) is 8.39. The Morgan fingerprint density at radius 1 is 1.20 bits per heavy atom. The third-order valence-electron chi connectivity index (χ3n) is 3.82. The van der Waals surface area contributed by atoms with Gasteiger partial charge in [-0.3, -0.25) is 4.79 Å². The molecule has 0 spiro atoms. The van der Waals surface area contributed by atoms with Crippen molar-refractivity contribution in [1.82, 2.24) is 15.4 Å². The van der Waals surface area contributed by atoms with Gasteiger partial charge < -0.3 is 14.6 Å². The maximum atomic E-state index is 12.1. The molecule has 3 aromatic rings. The van der Waals surface area contributed by atoms with E-state index >= 15 is 0 Å². The molecule has 0 aliphatic rings. The predicted molar refractivity (Wildman–Crippen MR) is 100 cm³/mol. The largest absolute Gasteiger partial charge is 0.493 e. The SMILES string of the molecule is CC(C)CNc1ccc(-c2nc3cc(C(=O)NOC(=O)C(F)(F)F)ccc3o2)cn1. The lowest BCUT2D eigenvalue weighted by atomic mass is 10.2. The second-order valence-electron chi connectivity index (χ2n) is 6.73. The molecule has 0 saturated heterocycles. The summed E-state index contributed by atoms with van der Waals surface area (Å²) < 4.78 is 42.0. The summed E-state index contributed by atoms with van der Waals surface area (Å²) in [5.74, 6) is -2.14. The van der Waals surface area contributed by atoms with E-state index in [4.69, 9.17) is 4.42 Å². The van der Waals surface area contributed by atoms with Crippen molar-refractivity contribution in [2.75, 3.05) is 11.9 Å². The first kappa shape index (κ1) is 21.1. The van der Waals surface area contributed by atoms with Crippen LogP contribution in [0, 0.1) is 5.92 Å². The molecule has 0 atom stereocenters. The van der Waals surface area contributed by atoms with Gasteiger partial charge in [-0.25, -0.2) is 14.8 Å². The Bertz CT molecular complexity index is 1060. The molecule has 0 radical (unpaired) electrons. The molecule has 0 saturated carbocycles. The van der Waals surface area contributed by atoms with Gasteiger partial charge in [-0.15, -0.1) is 0 Å². The lowest BCUT2D eigenvalue weighted by molar-refractivity contribution is -0.204. The molecule has 30 heavy (non-hydrogen) atoms. The number of hydrogen-bond acceptors (Lipinski definition) is 7. The Balaban J connectivity index is 1.73.